The number of nitriles is 1. The van der Waals surface area contributed by atoms with E-state index in [-0.39, 0.29) is 11.7 Å². The standard InChI is InChI=1S/C22H21N7O2S2/c1-14-15(2)29(16-6-8-17(31-3)9-7-16)21(19(14)11-23)24-20(30)13-33-22-25-26-27-28(22)12-18-5-4-10-32-18/h4-10H,12-13H2,1-3H3,(H,24,30). The van der Waals surface area contributed by atoms with Gasteiger partial charge in [0.25, 0.3) is 0 Å². The Morgan fingerprint density at radius 3 is 2.73 bits per heavy atom. The summed E-state index contributed by atoms with van der Waals surface area (Å²) in [6, 6.07) is 13.6. The predicted octanol–water partition coefficient (Wildman–Crippen LogP) is 3.80. The van der Waals surface area contributed by atoms with Gasteiger partial charge in [0, 0.05) is 16.3 Å². The van der Waals surface area contributed by atoms with E-state index in [1.807, 2.05) is 60.2 Å². The quantitative estimate of drug-likeness (QED) is 0.383. The van der Waals surface area contributed by atoms with Crippen molar-refractivity contribution in [3.05, 3.63) is 63.5 Å². The topological polar surface area (TPSA) is 111 Å². The second-order valence-corrected chi connectivity index (χ2v) is 9.09. The Hall–Kier alpha value is -3.62. The molecule has 9 nitrogen and oxygen atoms in total. The van der Waals surface area contributed by atoms with Crippen LogP contribution in [0.4, 0.5) is 5.82 Å². The van der Waals surface area contributed by atoms with Gasteiger partial charge in [0.15, 0.2) is 0 Å². The molecule has 0 aliphatic heterocycles. The summed E-state index contributed by atoms with van der Waals surface area (Å²) in [7, 11) is 1.61. The third-order valence-electron chi connectivity index (χ3n) is 5.13. The molecule has 0 saturated heterocycles. The minimum atomic E-state index is -0.255. The first-order chi connectivity index (χ1) is 16.0. The van der Waals surface area contributed by atoms with Gasteiger partial charge in [-0.05, 0) is 65.5 Å². The highest BCUT2D eigenvalue weighted by Gasteiger charge is 2.21. The molecule has 11 heteroatoms. The molecule has 0 atom stereocenters. The molecule has 33 heavy (non-hydrogen) atoms. The number of thioether (sulfide) groups is 1. The Morgan fingerprint density at radius 1 is 1.27 bits per heavy atom. The summed E-state index contributed by atoms with van der Waals surface area (Å²) in [5, 5.41) is 27.0. The summed E-state index contributed by atoms with van der Waals surface area (Å²) in [6.45, 7) is 4.34. The smallest absolute Gasteiger partial charge is 0.236 e. The van der Waals surface area contributed by atoms with Crippen LogP contribution in [-0.2, 0) is 11.3 Å². The molecule has 0 unspecified atom stereocenters. The number of ether oxygens (including phenoxy) is 1. The van der Waals surface area contributed by atoms with Crippen LogP contribution in [0.5, 0.6) is 5.75 Å². The first kappa shape index (κ1) is 22.6. The number of carbonyl (C=O) groups excluding carboxylic acids is 1. The van der Waals surface area contributed by atoms with Gasteiger partial charge in [-0.2, -0.15) is 5.26 Å². The van der Waals surface area contributed by atoms with E-state index in [4.69, 9.17) is 4.74 Å². The van der Waals surface area contributed by atoms with E-state index in [0.29, 0.717) is 23.1 Å². The summed E-state index contributed by atoms with van der Waals surface area (Å²) in [6.07, 6.45) is 0. The number of hydrogen-bond acceptors (Lipinski definition) is 8. The average molecular weight is 480 g/mol. The molecule has 168 valence electrons. The maximum Gasteiger partial charge on any atom is 0.236 e. The summed E-state index contributed by atoms with van der Waals surface area (Å²) < 4.78 is 8.78. The molecule has 1 amide bonds. The highest BCUT2D eigenvalue weighted by Crippen LogP contribution is 2.31. The first-order valence-corrected chi connectivity index (χ1v) is 11.9. The lowest BCUT2D eigenvalue weighted by atomic mass is 10.2. The van der Waals surface area contributed by atoms with Crippen molar-refractivity contribution in [2.45, 2.75) is 25.5 Å². The molecular weight excluding hydrogens is 458 g/mol. The van der Waals surface area contributed by atoms with Crippen LogP contribution >= 0.6 is 23.1 Å². The Morgan fingerprint density at radius 2 is 2.06 bits per heavy atom. The number of rotatable bonds is 8. The van der Waals surface area contributed by atoms with Crippen LogP contribution in [0, 0.1) is 25.2 Å². The maximum absolute atomic E-state index is 12.9. The lowest BCUT2D eigenvalue weighted by Crippen LogP contribution is -2.18. The van der Waals surface area contributed by atoms with E-state index in [0.717, 1.165) is 27.6 Å². The largest absolute Gasteiger partial charge is 0.497 e. The predicted molar refractivity (Wildman–Crippen MR) is 127 cm³/mol. The Kier molecular flexibility index (Phi) is 6.76. The van der Waals surface area contributed by atoms with Gasteiger partial charge in [0.05, 0.1) is 25.0 Å². The van der Waals surface area contributed by atoms with Crippen molar-refractivity contribution in [1.29, 1.82) is 5.26 Å². The van der Waals surface area contributed by atoms with E-state index in [2.05, 4.69) is 26.9 Å². The van der Waals surface area contributed by atoms with Gasteiger partial charge in [0.2, 0.25) is 11.1 Å². The molecular formula is C22H21N7O2S2. The molecule has 4 rings (SSSR count). The summed E-state index contributed by atoms with van der Waals surface area (Å²) in [4.78, 5) is 14.0. The number of methoxy groups -OCH3 is 1. The summed E-state index contributed by atoms with van der Waals surface area (Å²) in [5.74, 6) is 1.01. The van der Waals surface area contributed by atoms with Crippen molar-refractivity contribution in [2.75, 3.05) is 18.2 Å². The number of thiophene rings is 1. The number of anilines is 1. The highest BCUT2D eigenvalue weighted by molar-refractivity contribution is 7.99. The molecule has 1 N–H and O–H groups in total. The van der Waals surface area contributed by atoms with E-state index in [9.17, 15) is 10.1 Å². The molecule has 0 aliphatic rings. The number of carbonyl (C=O) groups is 1. The number of benzene rings is 1. The SMILES string of the molecule is COc1ccc(-n2c(C)c(C)c(C#N)c2NC(=O)CSc2nnnn2Cc2cccs2)cc1. The van der Waals surface area contributed by atoms with E-state index in [1.54, 1.807) is 23.1 Å². The Labute approximate surface area is 199 Å². The van der Waals surface area contributed by atoms with Gasteiger partial charge in [-0.15, -0.1) is 16.4 Å². The third kappa shape index (κ3) is 4.76. The number of nitrogens with zero attached hydrogens (tertiary/aromatic N) is 6. The maximum atomic E-state index is 12.9. The summed E-state index contributed by atoms with van der Waals surface area (Å²) >= 11 is 2.86. The van der Waals surface area contributed by atoms with Gasteiger partial charge in [-0.25, -0.2) is 4.68 Å². The Bertz CT molecular complexity index is 1300. The molecule has 3 aromatic heterocycles. The number of hydrogen-bond donors (Lipinski definition) is 1. The van der Waals surface area contributed by atoms with Crippen LogP contribution in [0.3, 0.4) is 0 Å². The molecule has 0 radical (unpaired) electrons. The molecule has 0 fully saturated rings. The van der Waals surface area contributed by atoms with Crippen LogP contribution in [0.1, 0.15) is 21.7 Å². The van der Waals surface area contributed by atoms with E-state index < -0.39 is 0 Å². The van der Waals surface area contributed by atoms with Crippen molar-refractivity contribution < 1.29 is 9.53 Å². The zero-order valence-electron chi connectivity index (χ0n) is 18.3. The normalized spacial score (nSPS) is 10.7. The van der Waals surface area contributed by atoms with Gasteiger partial charge in [0.1, 0.15) is 17.6 Å². The fraction of sp³-hybridized carbons (Fsp3) is 0.227. The molecule has 1 aromatic carbocycles. The molecule has 3 heterocycles. The van der Waals surface area contributed by atoms with E-state index >= 15 is 0 Å². The lowest BCUT2D eigenvalue weighted by Gasteiger charge is -2.13. The number of aromatic nitrogens is 5. The van der Waals surface area contributed by atoms with Crippen molar-refractivity contribution in [1.82, 2.24) is 24.8 Å². The lowest BCUT2D eigenvalue weighted by molar-refractivity contribution is -0.113. The number of tetrazole rings is 1. The van der Waals surface area contributed by atoms with Crippen LogP contribution in [0.25, 0.3) is 5.69 Å². The minimum absolute atomic E-state index is 0.0988. The fourth-order valence-corrected chi connectivity index (χ4v) is 4.72. The van der Waals surface area contributed by atoms with Crippen LogP contribution < -0.4 is 10.1 Å². The van der Waals surface area contributed by atoms with Gasteiger partial charge in [-0.3, -0.25) is 9.36 Å². The van der Waals surface area contributed by atoms with Crippen LogP contribution in [0.15, 0.2) is 46.9 Å². The number of nitrogens with one attached hydrogen (secondary N) is 1. The molecule has 0 aliphatic carbocycles. The molecule has 4 aromatic rings. The molecule has 0 spiro atoms. The third-order valence-corrected chi connectivity index (χ3v) is 6.95. The second kappa shape index (κ2) is 9.89. The van der Waals surface area contributed by atoms with Crippen molar-refractivity contribution in [3.8, 4) is 17.5 Å². The second-order valence-electron chi connectivity index (χ2n) is 7.11. The van der Waals surface area contributed by atoms with Crippen molar-refractivity contribution in [3.63, 3.8) is 0 Å². The number of amides is 1. The fourth-order valence-electron chi connectivity index (χ4n) is 3.36. The molecule has 0 saturated carbocycles. The monoisotopic (exact) mass is 479 g/mol. The molecule has 0 bridgehead atoms. The van der Waals surface area contributed by atoms with Crippen LogP contribution in [-0.4, -0.2) is 43.5 Å². The minimum Gasteiger partial charge on any atom is -0.497 e. The van der Waals surface area contributed by atoms with Crippen molar-refractivity contribution in [2.24, 2.45) is 0 Å². The van der Waals surface area contributed by atoms with Crippen LogP contribution in [0.2, 0.25) is 0 Å². The zero-order valence-corrected chi connectivity index (χ0v) is 19.9. The van der Waals surface area contributed by atoms with Gasteiger partial charge in [-0.1, -0.05) is 17.8 Å². The van der Waals surface area contributed by atoms with E-state index in [1.165, 1.54) is 11.8 Å². The highest BCUT2D eigenvalue weighted by atomic mass is 32.2. The van der Waals surface area contributed by atoms with Gasteiger partial charge < -0.3 is 10.1 Å². The van der Waals surface area contributed by atoms with Crippen molar-refractivity contribution >= 4 is 34.8 Å². The van der Waals surface area contributed by atoms with Gasteiger partial charge >= 0.3 is 0 Å². The zero-order chi connectivity index (χ0) is 23.4. The Balaban J connectivity index is 1.53. The first-order valence-electron chi connectivity index (χ1n) is 9.99. The average Bonchev–Trinajstić information content (AvgIpc) is 3.55. The summed E-state index contributed by atoms with van der Waals surface area (Å²) in [5.41, 5.74) is 2.95.